The lowest BCUT2D eigenvalue weighted by Gasteiger charge is -2.24. The van der Waals surface area contributed by atoms with Gasteiger partial charge in [0.15, 0.2) is 0 Å². The Bertz CT molecular complexity index is 757. The number of rotatable bonds is 5. The molecular weight excluding hydrogens is 356 g/mol. The van der Waals surface area contributed by atoms with Crippen molar-refractivity contribution in [2.24, 2.45) is 11.8 Å². The van der Waals surface area contributed by atoms with Gasteiger partial charge in [-0.1, -0.05) is 31.2 Å². The number of nitrogens with one attached hydrogen (secondary N) is 1. The molecule has 2 heterocycles. The Labute approximate surface area is 166 Å². The molecule has 0 saturated carbocycles. The number of aromatic nitrogens is 3. The second kappa shape index (κ2) is 9.68. The average molecular weight is 386 g/mol. The van der Waals surface area contributed by atoms with Crippen molar-refractivity contribution in [3.8, 4) is 5.75 Å². The molecule has 1 aromatic carbocycles. The van der Waals surface area contributed by atoms with Gasteiger partial charge in [-0.15, -0.1) is 5.10 Å². The van der Waals surface area contributed by atoms with Crippen molar-refractivity contribution in [1.29, 1.82) is 0 Å². The molecule has 1 N–H and O–H groups in total. The SMILES string of the molecule is COc1ccc(C[C@H]2CCn3cc(nn3)COC[C@@H](CC(C)C)NC2=O)cc1. The molecule has 0 saturated heterocycles. The maximum absolute atomic E-state index is 13.1. The number of methoxy groups -OCH3 is 1. The normalized spacial score (nSPS) is 20.9. The molecule has 1 amide bonds. The smallest absolute Gasteiger partial charge is 0.223 e. The number of aryl methyl sites for hydroxylation is 1. The summed E-state index contributed by atoms with van der Waals surface area (Å²) in [7, 11) is 1.65. The number of amides is 1. The van der Waals surface area contributed by atoms with Gasteiger partial charge in [0.05, 0.1) is 32.6 Å². The average Bonchev–Trinajstić information content (AvgIpc) is 3.12. The summed E-state index contributed by atoms with van der Waals surface area (Å²) >= 11 is 0. The van der Waals surface area contributed by atoms with Crippen LogP contribution in [0.4, 0.5) is 0 Å². The minimum atomic E-state index is -0.143. The fraction of sp³-hybridized carbons (Fsp3) is 0.571. The van der Waals surface area contributed by atoms with Crippen LogP contribution in [-0.2, 0) is 29.1 Å². The van der Waals surface area contributed by atoms with E-state index in [0.29, 0.717) is 38.5 Å². The lowest BCUT2D eigenvalue weighted by molar-refractivity contribution is -0.126. The van der Waals surface area contributed by atoms with Gasteiger partial charge < -0.3 is 14.8 Å². The monoisotopic (exact) mass is 386 g/mol. The Hall–Kier alpha value is -2.41. The maximum atomic E-state index is 13.1. The van der Waals surface area contributed by atoms with E-state index in [4.69, 9.17) is 9.47 Å². The zero-order valence-corrected chi connectivity index (χ0v) is 16.9. The van der Waals surface area contributed by atoms with Crippen LogP contribution in [0.1, 0.15) is 37.9 Å². The largest absolute Gasteiger partial charge is 0.497 e. The first-order valence-electron chi connectivity index (χ1n) is 9.93. The highest BCUT2D eigenvalue weighted by molar-refractivity contribution is 5.79. The minimum Gasteiger partial charge on any atom is -0.497 e. The summed E-state index contributed by atoms with van der Waals surface area (Å²) in [6.45, 7) is 5.85. The van der Waals surface area contributed by atoms with E-state index in [1.165, 1.54) is 0 Å². The Morgan fingerprint density at radius 1 is 1.32 bits per heavy atom. The van der Waals surface area contributed by atoms with Gasteiger partial charge in [-0.25, -0.2) is 0 Å². The van der Waals surface area contributed by atoms with Crippen molar-refractivity contribution in [1.82, 2.24) is 20.3 Å². The van der Waals surface area contributed by atoms with E-state index in [1.807, 2.05) is 30.5 Å². The van der Waals surface area contributed by atoms with E-state index in [-0.39, 0.29) is 17.9 Å². The molecule has 0 unspecified atom stereocenters. The molecule has 3 rings (SSSR count). The first kappa shape index (κ1) is 20.3. The fourth-order valence-corrected chi connectivity index (χ4v) is 3.54. The number of carbonyl (C=O) groups excluding carboxylic acids is 1. The molecule has 1 aliphatic heterocycles. The summed E-state index contributed by atoms with van der Waals surface area (Å²) in [5.74, 6) is 1.22. The molecule has 2 atom stereocenters. The van der Waals surface area contributed by atoms with E-state index < -0.39 is 0 Å². The first-order chi connectivity index (χ1) is 13.5. The molecule has 0 aliphatic carbocycles. The third kappa shape index (κ3) is 5.79. The van der Waals surface area contributed by atoms with Crippen LogP contribution < -0.4 is 10.1 Å². The van der Waals surface area contributed by atoms with Crippen molar-refractivity contribution in [3.63, 3.8) is 0 Å². The topological polar surface area (TPSA) is 78.3 Å². The molecule has 7 heteroatoms. The van der Waals surface area contributed by atoms with Crippen LogP contribution in [0.15, 0.2) is 30.5 Å². The highest BCUT2D eigenvalue weighted by Crippen LogP contribution is 2.19. The molecule has 0 fully saturated rings. The van der Waals surface area contributed by atoms with Crippen LogP contribution in [0, 0.1) is 11.8 Å². The third-order valence-corrected chi connectivity index (χ3v) is 4.98. The van der Waals surface area contributed by atoms with E-state index in [9.17, 15) is 4.79 Å². The van der Waals surface area contributed by atoms with Crippen molar-refractivity contribution >= 4 is 5.91 Å². The van der Waals surface area contributed by atoms with E-state index in [1.54, 1.807) is 11.8 Å². The van der Waals surface area contributed by atoms with Crippen molar-refractivity contribution in [3.05, 3.63) is 41.7 Å². The zero-order chi connectivity index (χ0) is 19.9. The predicted octanol–water partition coefficient (Wildman–Crippen LogP) is 2.60. The van der Waals surface area contributed by atoms with Crippen molar-refractivity contribution in [2.75, 3.05) is 13.7 Å². The Morgan fingerprint density at radius 3 is 2.82 bits per heavy atom. The number of benzene rings is 1. The van der Waals surface area contributed by atoms with Crippen LogP contribution in [0.3, 0.4) is 0 Å². The number of fused-ring (bicyclic) bond motifs is 2. The quantitative estimate of drug-likeness (QED) is 0.855. The minimum absolute atomic E-state index is 0.000314. The van der Waals surface area contributed by atoms with Crippen LogP contribution in [0.25, 0.3) is 0 Å². The van der Waals surface area contributed by atoms with E-state index in [2.05, 4.69) is 29.5 Å². The highest BCUT2D eigenvalue weighted by atomic mass is 16.5. The molecule has 28 heavy (non-hydrogen) atoms. The maximum Gasteiger partial charge on any atom is 0.223 e. The summed E-state index contributed by atoms with van der Waals surface area (Å²) in [6, 6.07) is 7.90. The molecule has 7 nitrogen and oxygen atoms in total. The standard InChI is InChI=1S/C21H30N4O3/c1-15(2)10-18-13-28-14-19-12-25(24-23-19)9-8-17(21(26)22-18)11-16-4-6-20(27-3)7-5-16/h4-7,12,15,17-18H,8-11,13-14H2,1-3H3,(H,22,26)/t17-,18-/m1/s1. The number of ether oxygens (including phenoxy) is 2. The van der Waals surface area contributed by atoms with Gasteiger partial charge in [0.1, 0.15) is 11.4 Å². The van der Waals surface area contributed by atoms with E-state index in [0.717, 1.165) is 23.4 Å². The summed E-state index contributed by atoms with van der Waals surface area (Å²) in [5, 5.41) is 11.5. The van der Waals surface area contributed by atoms with Gasteiger partial charge in [0.25, 0.3) is 0 Å². The summed E-state index contributed by atoms with van der Waals surface area (Å²) < 4.78 is 12.8. The summed E-state index contributed by atoms with van der Waals surface area (Å²) in [6.07, 6.45) is 4.16. The van der Waals surface area contributed by atoms with Gasteiger partial charge in [0, 0.05) is 12.5 Å². The van der Waals surface area contributed by atoms with Gasteiger partial charge in [-0.2, -0.15) is 0 Å². The first-order valence-corrected chi connectivity index (χ1v) is 9.93. The van der Waals surface area contributed by atoms with Crippen LogP contribution in [0.5, 0.6) is 5.75 Å². The summed E-state index contributed by atoms with van der Waals surface area (Å²) in [5.41, 5.74) is 1.94. The second-order valence-electron chi connectivity index (χ2n) is 7.86. The predicted molar refractivity (Wildman–Crippen MR) is 106 cm³/mol. The lowest BCUT2D eigenvalue weighted by atomic mass is 9.94. The zero-order valence-electron chi connectivity index (χ0n) is 16.9. The third-order valence-electron chi connectivity index (χ3n) is 4.98. The number of hydrogen-bond donors (Lipinski definition) is 1. The van der Waals surface area contributed by atoms with Crippen LogP contribution in [-0.4, -0.2) is 40.7 Å². The molecule has 2 aromatic rings. The van der Waals surface area contributed by atoms with Gasteiger partial charge in [0.2, 0.25) is 5.91 Å². The van der Waals surface area contributed by atoms with Crippen LogP contribution >= 0.6 is 0 Å². The highest BCUT2D eigenvalue weighted by Gasteiger charge is 2.24. The van der Waals surface area contributed by atoms with Gasteiger partial charge >= 0.3 is 0 Å². The Kier molecular flexibility index (Phi) is 7.03. The van der Waals surface area contributed by atoms with Crippen molar-refractivity contribution < 1.29 is 14.3 Å². The van der Waals surface area contributed by atoms with Crippen molar-refractivity contribution in [2.45, 2.75) is 52.3 Å². The number of hydrogen-bond acceptors (Lipinski definition) is 5. The number of nitrogens with zero attached hydrogens (tertiary/aromatic N) is 3. The molecule has 2 bridgehead atoms. The molecule has 0 radical (unpaired) electrons. The molecular formula is C21H30N4O3. The Morgan fingerprint density at radius 2 is 2.11 bits per heavy atom. The fourth-order valence-electron chi connectivity index (χ4n) is 3.54. The van der Waals surface area contributed by atoms with Crippen LogP contribution in [0.2, 0.25) is 0 Å². The summed E-state index contributed by atoms with van der Waals surface area (Å²) in [4.78, 5) is 13.1. The van der Waals surface area contributed by atoms with E-state index >= 15 is 0 Å². The Balaban J connectivity index is 1.76. The molecule has 152 valence electrons. The second-order valence-corrected chi connectivity index (χ2v) is 7.86. The molecule has 0 spiro atoms. The van der Waals surface area contributed by atoms with Gasteiger partial charge in [-0.05, 0) is 42.9 Å². The van der Waals surface area contributed by atoms with Gasteiger partial charge in [-0.3, -0.25) is 9.48 Å². The number of carbonyl (C=O) groups is 1. The lowest BCUT2D eigenvalue weighted by Crippen LogP contribution is -2.43. The molecule has 1 aliphatic rings. The molecule has 1 aromatic heterocycles.